The Kier molecular flexibility index (Phi) is 6.42. The molecule has 0 rings (SSSR count). The van der Waals surface area contributed by atoms with Gasteiger partial charge in [0.1, 0.15) is 0 Å². The third-order valence-electron chi connectivity index (χ3n) is 0.711. The van der Waals surface area contributed by atoms with E-state index in [0.717, 1.165) is 6.42 Å². The van der Waals surface area contributed by atoms with Gasteiger partial charge in [-0.1, -0.05) is 28.9 Å². The molecule has 1 radical (unpaired) electrons. The number of hydrogen-bond acceptors (Lipinski definition) is 0. The van der Waals surface area contributed by atoms with Crippen LogP contribution in [0.25, 0.3) is 0 Å². The minimum absolute atomic E-state index is 1.15. The van der Waals surface area contributed by atoms with Crippen LogP contribution in [0.1, 0.15) is 19.8 Å². The lowest BCUT2D eigenvalue weighted by Crippen LogP contribution is -1.64. The average molecular weight is 162 g/mol. The lowest BCUT2D eigenvalue weighted by Gasteiger charge is -1.82. The summed E-state index contributed by atoms with van der Waals surface area (Å²) in [5, 5.41) is 0. The van der Waals surface area contributed by atoms with Crippen molar-refractivity contribution in [1.29, 1.82) is 0 Å². The van der Waals surface area contributed by atoms with Gasteiger partial charge >= 0.3 is 0 Å². The van der Waals surface area contributed by atoms with E-state index in [1.54, 1.807) is 0 Å². The summed E-state index contributed by atoms with van der Waals surface area (Å²) in [6.45, 7) is 2.07. The van der Waals surface area contributed by atoms with E-state index >= 15 is 0 Å². The Labute approximate surface area is 53.7 Å². The van der Waals surface area contributed by atoms with Gasteiger partial charge in [-0.3, -0.25) is 0 Å². The maximum Gasteiger partial charge on any atom is -0.0229 e. The van der Waals surface area contributed by atoms with Crippen LogP contribution in [-0.2, 0) is 0 Å². The molecular formula is C6H10Br. The number of hydrogen-bond donors (Lipinski definition) is 0. The van der Waals surface area contributed by atoms with Crippen LogP contribution in [0.5, 0.6) is 0 Å². The third-order valence-corrected chi connectivity index (χ3v) is 1.08. The first-order valence-electron chi connectivity index (χ1n) is 2.45. The molecule has 0 unspecified atom stereocenters. The van der Waals surface area contributed by atoms with Gasteiger partial charge in [0.2, 0.25) is 0 Å². The van der Waals surface area contributed by atoms with E-state index in [4.69, 9.17) is 0 Å². The molecule has 0 bridgehead atoms. The summed E-state index contributed by atoms with van der Waals surface area (Å²) in [6, 6.07) is 0. The molecule has 0 amide bonds. The fourth-order valence-corrected chi connectivity index (χ4v) is 0.590. The van der Waals surface area contributed by atoms with Crippen molar-refractivity contribution < 1.29 is 0 Å². The Hall–Kier alpha value is 0.220. The van der Waals surface area contributed by atoms with E-state index in [9.17, 15) is 0 Å². The van der Waals surface area contributed by atoms with E-state index in [0.29, 0.717) is 0 Å². The smallest absolute Gasteiger partial charge is 0.0229 e. The quantitative estimate of drug-likeness (QED) is 0.559. The zero-order chi connectivity index (χ0) is 5.54. The lowest BCUT2D eigenvalue weighted by molar-refractivity contribution is 0.975. The Morgan fingerprint density at radius 1 is 1.43 bits per heavy atom. The molecule has 0 nitrogen and oxygen atoms in total. The van der Waals surface area contributed by atoms with Gasteiger partial charge in [-0.05, 0) is 24.2 Å². The maximum atomic E-state index is 3.19. The number of halogens is 1. The van der Waals surface area contributed by atoms with Gasteiger partial charge in [-0.25, -0.2) is 0 Å². The fraction of sp³-hybridized carbons (Fsp3) is 0.500. The molecule has 0 saturated carbocycles. The Morgan fingerprint density at radius 3 is 2.57 bits per heavy atom. The zero-order valence-electron chi connectivity index (χ0n) is 4.52. The highest BCUT2D eigenvalue weighted by atomic mass is 79.9. The SMILES string of the molecule is C[CH]CCC=CBr. The summed E-state index contributed by atoms with van der Waals surface area (Å²) in [5.41, 5.74) is 0. The molecular weight excluding hydrogens is 152 g/mol. The average Bonchev–Trinajstić information content (AvgIpc) is 1.69. The predicted molar refractivity (Wildman–Crippen MR) is 37.3 cm³/mol. The summed E-state index contributed by atoms with van der Waals surface area (Å²) >= 11 is 3.19. The molecule has 0 heterocycles. The van der Waals surface area contributed by atoms with Crippen LogP contribution in [0.4, 0.5) is 0 Å². The van der Waals surface area contributed by atoms with Gasteiger partial charge in [-0.2, -0.15) is 0 Å². The van der Waals surface area contributed by atoms with Crippen LogP contribution in [0.2, 0.25) is 0 Å². The first-order chi connectivity index (χ1) is 3.41. The molecule has 7 heavy (non-hydrogen) atoms. The van der Waals surface area contributed by atoms with E-state index < -0.39 is 0 Å². The molecule has 0 aromatic rings. The van der Waals surface area contributed by atoms with Crippen LogP contribution in [0.15, 0.2) is 11.1 Å². The molecule has 0 aliphatic carbocycles. The molecule has 0 atom stereocenters. The van der Waals surface area contributed by atoms with Gasteiger partial charge in [0.15, 0.2) is 0 Å². The van der Waals surface area contributed by atoms with Crippen LogP contribution in [0.3, 0.4) is 0 Å². The zero-order valence-corrected chi connectivity index (χ0v) is 6.11. The van der Waals surface area contributed by atoms with Crippen LogP contribution in [-0.4, -0.2) is 0 Å². The van der Waals surface area contributed by atoms with Crippen molar-refractivity contribution in [3.63, 3.8) is 0 Å². The standard InChI is InChI=1S/C6H10Br/c1-2-3-4-5-6-7/h2,5-6H,3-4H2,1H3. The normalized spacial score (nSPS) is 10.6. The second kappa shape index (κ2) is 6.22. The minimum atomic E-state index is 1.15. The van der Waals surface area contributed by atoms with Gasteiger partial charge in [0.25, 0.3) is 0 Å². The number of allylic oxidation sites excluding steroid dienone is 1. The molecule has 1 heteroatoms. The second-order valence-electron chi connectivity index (χ2n) is 1.35. The molecule has 0 aromatic heterocycles. The van der Waals surface area contributed by atoms with Crippen LogP contribution < -0.4 is 0 Å². The summed E-state index contributed by atoms with van der Waals surface area (Å²) in [6.07, 6.45) is 6.59. The molecule has 41 valence electrons. The van der Waals surface area contributed by atoms with E-state index in [-0.39, 0.29) is 0 Å². The topological polar surface area (TPSA) is 0 Å². The predicted octanol–water partition coefficient (Wildman–Crippen LogP) is 2.90. The number of rotatable bonds is 3. The summed E-state index contributed by atoms with van der Waals surface area (Å²) in [4.78, 5) is 1.90. The molecule has 0 spiro atoms. The van der Waals surface area contributed by atoms with Crippen LogP contribution >= 0.6 is 15.9 Å². The first-order valence-corrected chi connectivity index (χ1v) is 3.36. The highest BCUT2D eigenvalue weighted by molar-refractivity contribution is 9.11. The van der Waals surface area contributed by atoms with Gasteiger partial charge in [-0.15, -0.1) is 0 Å². The van der Waals surface area contributed by atoms with Gasteiger partial charge < -0.3 is 0 Å². The van der Waals surface area contributed by atoms with Crippen LogP contribution in [0, 0.1) is 6.42 Å². The van der Waals surface area contributed by atoms with Crippen molar-refractivity contribution in [2.45, 2.75) is 19.8 Å². The second-order valence-corrected chi connectivity index (χ2v) is 1.88. The summed E-state index contributed by atoms with van der Waals surface area (Å²) < 4.78 is 0. The lowest BCUT2D eigenvalue weighted by atomic mass is 10.3. The van der Waals surface area contributed by atoms with Gasteiger partial charge in [0, 0.05) is 0 Å². The minimum Gasteiger partial charge on any atom is -0.0776 e. The van der Waals surface area contributed by atoms with E-state index in [2.05, 4.69) is 35.4 Å². The Balaban J connectivity index is 2.69. The summed E-state index contributed by atoms with van der Waals surface area (Å²) in [5.74, 6) is 0. The Bertz CT molecular complexity index is 48.1. The molecule has 0 N–H and O–H groups in total. The molecule has 0 aliphatic heterocycles. The van der Waals surface area contributed by atoms with Crippen molar-refractivity contribution in [2.24, 2.45) is 0 Å². The van der Waals surface area contributed by atoms with E-state index in [1.807, 2.05) is 4.99 Å². The van der Waals surface area contributed by atoms with Crippen molar-refractivity contribution in [1.82, 2.24) is 0 Å². The largest absolute Gasteiger partial charge is 0.0776 e. The maximum absolute atomic E-state index is 3.19. The van der Waals surface area contributed by atoms with Crippen molar-refractivity contribution >= 4 is 15.9 Å². The highest BCUT2D eigenvalue weighted by Gasteiger charge is 1.73. The molecule has 0 fully saturated rings. The summed E-state index contributed by atoms with van der Waals surface area (Å²) in [7, 11) is 0. The first kappa shape index (κ1) is 7.22. The molecule has 0 aromatic carbocycles. The van der Waals surface area contributed by atoms with Crippen molar-refractivity contribution in [3.05, 3.63) is 17.5 Å². The van der Waals surface area contributed by atoms with E-state index in [1.165, 1.54) is 6.42 Å². The highest BCUT2D eigenvalue weighted by Crippen LogP contribution is 1.94. The van der Waals surface area contributed by atoms with Gasteiger partial charge in [0.05, 0.1) is 0 Å². The fourth-order valence-electron chi connectivity index (χ4n) is 0.326. The molecule has 0 saturated heterocycles. The van der Waals surface area contributed by atoms with Crippen molar-refractivity contribution in [2.75, 3.05) is 0 Å². The monoisotopic (exact) mass is 161 g/mol. The Morgan fingerprint density at radius 2 is 2.14 bits per heavy atom. The molecule has 0 aliphatic rings. The number of unbranched alkanes of at least 4 members (excludes halogenated alkanes) is 2. The third kappa shape index (κ3) is 6.22. The van der Waals surface area contributed by atoms with Crippen molar-refractivity contribution in [3.8, 4) is 0 Å².